The lowest BCUT2D eigenvalue weighted by Crippen LogP contribution is -2.55. The third kappa shape index (κ3) is 3.88. The Labute approximate surface area is 120 Å². The van der Waals surface area contributed by atoms with Crippen LogP contribution in [0.3, 0.4) is 0 Å². The summed E-state index contributed by atoms with van der Waals surface area (Å²) in [5, 5.41) is 3.63. The lowest BCUT2D eigenvalue weighted by Gasteiger charge is -2.38. The summed E-state index contributed by atoms with van der Waals surface area (Å²) in [6.45, 7) is 1.21. The first-order valence-electron chi connectivity index (χ1n) is 6.80. The first-order chi connectivity index (χ1) is 8.96. The minimum absolute atomic E-state index is 0.0891. The fourth-order valence-electron chi connectivity index (χ4n) is 2.81. The largest absolute Gasteiger partial charge is 0.381 e. The Balaban J connectivity index is 1.95. The van der Waals surface area contributed by atoms with E-state index in [1.807, 2.05) is 0 Å². The normalized spacial score (nSPS) is 29.7. The van der Waals surface area contributed by atoms with E-state index in [-0.39, 0.29) is 24.3 Å². The number of amides is 1. The highest BCUT2D eigenvalue weighted by molar-refractivity contribution is 9.09. The summed E-state index contributed by atoms with van der Waals surface area (Å²) in [6, 6.07) is 0. The van der Waals surface area contributed by atoms with Crippen molar-refractivity contribution in [3.63, 3.8) is 0 Å². The molecule has 2 rings (SSSR count). The average Bonchev–Trinajstić information content (AvgIpc) is 2.38. The Morgan fingerprint density at radius 3 is 2.58 bits per heavy atom. The van der Waals surface area contributed by atoms with Crippen molar-refractivity contribution in [2.75, 3.05) is 18.5 Å². The van der Waals surface area contributed by atoms with Crippen molar-refractivity contribution < 1.29 is 18.3 Å². The van der Waals surface area contributed by atoms with Crippen molar-refractivity contribution >= 4 is 21.8 Å². The van der Waals surface area contributed by atoms with E-state index < -0.39 is 11.8 Å². The molecule has 2 aliphatic rings. The lowest BCUT2D eigenvalue weighted by atomic mass is 9.84. The maximum Gasteiger partial charge on any atom is 0.248 e. The second kappa shape index (κ2) is 6.04. The number of hydrogen-bond acceptors (Lipinski definition) is 2. The Morgan fingerprint density at radius 2 is 2.00 bits per heavy atom. The summed E-state index contributed by atoms with van der Waals surface area (Å²) in [4.78, 5) is 12.2. The molecular formula is C13H20BrF2NO2. The Morgan fingerprint density at radius 1 is 1.32 bits per heavy atom. The van der Waals surface area contributed by atoms with Crippen molar-refractivity contribution in [3.8, 4) is 0 Å². The van der Waals surface area contributed by atoms with Crippen LogP contribution in [0.2, 0.25) is 0 Å². The number of alkyl halides is 3. The number of hydrogen-bond donors (Lipinski definition) is 1. The summed E-state index contributed by atoms with van der Waals surface area (Å²) < 4.78 is 32.0. The standard InChI is InChI=1S/C13H20BrF2NO2/c14-9-12(4-6-19-7-5-12)17-11(18)10-2-1-3-13(15,16)8-10/h10H,1-9H2,(H,17,18). The molecule has 1 atom stereocenters. The molecule has 1 unspecified atom stereocenters. The van der Waals surface area contributed by atoms with Gasteiger partial charge in [0.1, 0.15) is 0 Å². The topological polar surface area (TPSA) is 38.3 Å². The van der Waals surface area contributed by atoms with Crippen LogP contribution in [0.4, 0.5) is 8.78 Å². The summed E-state index contributed by atoms with van der Waals surface area (Å²) in [5.41, 5.74) is -0.331. The second-order valence-corrected chi connectivity index (χ2v) is 6.23. The van der Waals surface area contributed by atoms with Gasteiger partial charge in [-0.25, -0.2) is 8.78 Å². The molecule has 6 heteroatoms. The molecule has 0 aromatic carbocycles. The fourth-order valence-corrected chi connectivity index (χ4v) is 3.51. The Bertz CT molecular complexity index is 333. The number of ether oxygens (including phenoxy) is 1. The van der Waals surface area contributed by atoms with Gasteiger partial charge in [-0.1, -0.05) is 15.9 Å². The molecule has 1 saturated carbocycles. The molecule has 1 aliphatic carbocycles. The molecule has 3 nitrogen and oxygen atoms in total. The van der Waals surface area contributed by atoms with Gasteiger partial charge >= 0.3 is 0 Å². The van der Waals surface area contributed by atoms with Gasteiger partial charge in [0.25, 0.3) is 0 Å². The highest BCUT2D eigenvalue weighted by Gasteiger charge is 2.41. The van der Waals surface area contributed by atoms with E-state index >= 15 is 0 Å². The van der Waals surface area contributed by atoms with E-state index in [1.54, 1.807) is 0 Å². The van der Waals surface area contributed by atoms with E-state index in [0.29, 0.717) is 31.4 Å². The van der Waals surface area contributed by atoms with Crippen LogP contribution in [0.1, 0.15) is 38.5 Å². The highest BCUT2D eigenvalue weighted by Crippen LogP contribution is 2.37. The molecule has 1 amide bonds. The van der Waals surface area contributed by atoms with Crippen molar-refractivity contribution in [1.82, 2.24) is 5.32 Å². The van der Waals surface area contributed by atoms with Crippen LogP contribution in [-0.2, 0) is 9.53 Å². The van der Waals surface area contributed by atoms with Gasteiger partial charge < -0.3 is 10.1 Å². The third-order valence-electron chi connectivity index (χ3n) is 4.11. The lowest BCUT2D eigenvalue weighted by molar-refractivity contribution is -0.135. The maximum absolute atomic E-state index is 13.4. The number of carbonyl (C=O) groups excluding carboxylic acids is 1. The zero-order valence-corrected chi connectivity index (χ0v) is 12.5. The molecular weight excluding hydrogens is 320 g/mol. The van der Waals surface area contributed by atoms with Gasteiger partial charge in [0.05, 0.1) is 5.54 Å². The minimum Gasteiger partial charge on any atom is -0.381 e. The van der Waals surface area contributed by atoms with E-state index in [0.717, 1.165) is 12.8 Å². The van der Waals surface area contributed by atoms with Gasteiger partial charge in [-0.3, -0.25) is 4.79 Å². The maximum atomic E-state index is 13.4. The van der Waals surface area contributed by atoms with Gasteiger partial charge in [-0.05, 0) is 25.7 Å². The van der Waals surface area contributed by atoms with Crippen molar-refractivity contribution in [2.45, 2.75) is 50.0 Å². The summed E-state index contributed by atoms with van der Waals surface area (Å²) in [5.74, 6) is -3.46. The first-order valence-corrected chi connectivity index (χ1v) is 7.92. The SMILES string of the molecule is O=C(NC1(CBr)CCOCC1)C1CCCC(F)(F)C1. The van der Waals surface area contributed by atoms with Crippen LogP contribution in [-0.4, -0.2) is 35.9 Å². The Kier molecular flexibility index (Phi) is 4.82. The van der Waals surface area contributed by atoms with Gasteiger partial charge in [-0.15, -0.1) is 0 Å². The smallest absolute Gasteiger partial charge is 0.248 e. The number of halogens is 3. The summed E-state index contributed by atoms with van der Waals surface area (Å²) in [7, 11) is 0. The molecule has 0 aromatic heterocycles. The number of nitrogens with one attached hydrogen (secondary N) is 1. The highest BCUT2D eigenvalue weighted by atomic mass is 79.9. The monoisotopic (exact) mass is 339 g/mol. The molecule has 0 radical (unpaired) electrons. The van der Waals surface area contributed by atoms with Crippen molar-refractivity contribution in [2.24, 2.45) is 5.92 Å². The molecule has 19 heavy (non-hydrogen) atoms. The van der Waals surface area contributed by atoms with Crippen LogP contribution in [0, 0.1) is 5.92 Å². The molecule has 0 spiro atoms. The second-order valence-electron chi connectivity index (χ2n) is 5.66. The van der Waals surface area contributed by atoms with Crippen LogP contribution in [0.5, 0.6) is 0 Å². The van der Waals surface area contributed by atoms with E-state index in [4.69, 9.17) is 4.74 Å². The van der Waals surface area contributed by atoms with Crippen LogP contribution >= 0.6 is 15.9 Å². The predicted octanol–water partition coefficient (Wildman–Crippen LogP) is 2.87. The fraction of sp³-hybridized carbons (Fsp3) is 0.923. The van der Waals surface area contributed by atoms with E-state index in [2.05, 4.69) is 21.2 Å². The van der Waals surface area contributed by atoms with Crippen LogP contribution in [0.15, 0.2) is 0 Å². The van der Waals surface area contributed by atoms with Crippen molar-refractivity contribution in [3.05, 3.63) is 0 Å². The molecule has 1 N–H and O–H groups in total. The van der Waals surface area contributed by atoms with Crippen LogP contribution in [0.25, 0.3) is 0 Å². The summed E-state index contributed by atoms with van der Waals surface area (Å²) >= 11 is 3.42. The van der Waals surface area contributed by atoms with Gasteiger partial charge in [0.15, 0.2) is 0 Å². The molecule has 1 heterocycles. The average molecular weight is 340 g/mol. The number of carbonyl (C=O) groups is 1. The summed E-state index contributed by atoms with van der Waals surface area (Å²) in [6.07, 6.45) is 2.05. The minimum atomic E-state index is -2.68. The van der Waals surface area contributed by atoms with E-state index in [1.165, 1.54) is 0 Å². The van der Waals surface area contributed by atoms with Gasteiger partial charge in [-0.2, -0.15) is 0 Å². The predicted molar refractivity (Wildman–Crippen MR) is 71.6 cm³/mol. The van der Waals surface area contributed by atoms with Gasteiger partial charge in [0.2, 0.25) is 11.8 Å². The number of rotatable bonds is 3. The molecule has 1 aliphatic heterocycles. The first kappa shape index (κ1) is 15.2. The van der Waals surface area contributed by atoms with Crippen molar-refractivity contribution in [1.29, 1.82) is 0 Å². The zero-order chi connectivity index (χ0) is 13.9. The molecule has 2 fully saturated rings. The molecule has 0 aromatic rings. The molecule has 110 valence electrons. The van der Waals surface area contributed by atoms with Crippen LogP contribution < -0.4 is 5.32 Å². The van der Waals surface area contributed by atoms with Gasteiger partial charge in [0, 0.05) is 37.3 Å². The third-order valence-corrected chi connectivity index (χ3v) is 5.18. The molecule has 1 saturated heterocycles. The molecule has 0 bridgehead atoms. The zero-order valence-electron chi connectivity index (χ0n) is 10.9. The quantitative estimate of drug-likeness (QED) is 0.803. The Hall–Kier alpha value is -0.230. The van der Waals surface area contributed by atoms with E-state index in [9.17, 15) is 13.6 Å².